The largest absolute Gasteiger partial charge is 0.393 e. The minimum Gasteiger partial charge on any atom is -0.393 e. The van der Waals surface area contributed by atoms with Gasteiger partial charge in [-0.05, 0) is 19.8 Å². The highest BCUT2D eigenvalue weighted by molar-refractivity contribution is 4.57. The fraction of sp³-hybridized carbons (Fsp3) is 1.00. The molecule has 0 spiro atoms. The molecule has 0 aromatic carbocycles. The lowest BCUT2D eigenvalue weighted by molar-refractivity contribution is 0.0848. The van der Waals surface area contributed by atoms with Crippen molar-refractivity contribution in [3.05, 3.63) is 0 Å². The third-order valence-electron chi connectivity index (χ3n) is 1.24. The van der Waals surface area contributed by atoms with Gasteiger partial charge >= 0.3 is 0 Å². The van der Waals surface area contributed by atoms with Crippen molar-refractivity contribution in [1.29, 1.82) is 0 Å². The minimum atomic E-state index is -0.369. The van der Waals surface area contributed by atoms with Crippen LogP contribution in [-0.2, 0) is 0 Å². The van der Waals surface area contributed by atoms with Crippen LogP contribution in [0.25, 0.3) is 0 Å². The van der Waals surface area contributed by atoms with E-state index < -0.39 is 0 Å². The van der Waals surface area contributed by atoms with E-state index in [2.05, 4.69) is 0 Å². The summed E-state index contributed by atoms with van der Waals surface area (Å²) in [4.78, 5) is 0. The molecule has 0 bridgehead atoms. The molecule has 56 valence electrons. The van der Waals surface area contributed by atoms with E-state index in [0.29, 0.717) is 6.42 Å². The first-order valence-corrected chi connectivity index (χ1v) is 3.53. The third-order valence-corrected chi connectivity index (χ3v) is 1.24. The molecule has 0 saturated carbocycles. The van der Waals surface area contributed by atoms with E-state index in [1.54, 1.807) is 6.92 Å². The van der Waals surface area contributed by atoms with Gasteiger partial charge in [-0.1, -0.05) is 13.3 Å². The van der Waals surface area contributed by atoms with Crippen LogP contribution in [0.3, 0.4) is 0 Å². The first-order valence-electron chi connectivity index (χ1n) is 3.53. The molecule has 0 heterocycles. The van der Waals surface area contributed by atoms with Gasteiger partial charge in [-0.25, -0.2) is 0 Å². The van der Waals surface area contributed by atoms with Gasteiger partial charge in [0, 0.05) is 0 Å². The number of hydrogen-bond acceptors (Lipinski definition) is 2. The predicted molar refractivity (Wildman–Crippen MR) is 37.2 cm³/mol. The zero-order valence-electron chi connectivity index (χ0n) is 6.17. The fourth-order valence-corrected chi connectivity index (χ4v) is 0.845. The van der Waals surface area contributed by atoms with Gasteiger partial charge in [0.15, 0.2) is 0 Å². The van der Waals surface area contributed by atoms with Crippen LogP contribution in [0.1, 0.15) is 33.1 Å². The van der Waals surface area contributed by atoms with Crippen LogP contribution in [-0.4, -0.2) is 22.4 Å². The maximum absolute atomic E-state index is 9.06. The van der Waals surface area contributed by atoms with Crippen LogP contribution in [0.2, 0.25) is 0 Å². The highest BCUT2D eigenvalue weighted by atomic mass is 16.3. The molecule has 9 heavy (non-hydrogen) atoms. The molecule has 0 aromatic rings. The SMILES string of the molecule is CCC[C@H](O)C[C@@H](C)O. The number of aliphatic hydroxyl groups is 2. The standard InChI is InChI=1S/C7H16O2/c1-3-4-7(9)5-6(2)8/h6-9H,3-5H2,1-2H3/t6-,7+/m1/s1. The zero-order valence-corrected chi connectivity index (χ0v) is 6.17. The summed E-state index contributed by atoms with van der Waals surface area (Å²) in [5, 5.41) is 17.8. The summed E-state index contributed by atoms with van der Waals surface area (Å²) in [5.74, 6) is 0. The molecule has 0 aliphatic heterocycles. The second-order valence-corrected chi connectivity index (χ2v) is 2.53. The van der Waals surface area contributed by atoms with Crippen LogP contribution in [0.5, 0.6) is 0 Å². The fourth-order valence-electron chi connectivity index (χ4n) is 0.845. The maximum Gasteiger partial charge on any atom is 0.0564 e. The Morgan fingerprint density at radius 1 is 1.33 bits per heavy atom. The van der Waals surface area contributed by atoms with Crippen molar-refractivity contribution in [2.45, 2.75) is 45.3 Å². The molecule has 0 aliphatic carbocycles. The lowest BCUT2D eigenvalue weighted by atomic mass is 10.1. The van der Waals surface area contributed by atoms with E-state index in [1.807, 2.05) is 6.92 Å². The van der Waals surface area contributed by atoms with E-state index in [4.69, 9.17) is 10.2 Å². The molecule has 2 atom stereocenters. The Labute approximate surface area is 56.5 Å². The summed E-state index contributed by atoms with van der Waals surface area (Å²) in [6.07, 6.45) is 1.61. The van der Waals surface area contributed by atoms with E-state index in [0.717, 1.165) is 12.8 Å². The van der Waals surface area contributed by atoms with Gasteiger partial charge in [0.25, 0.3) is 0 Å². The molecule has 0 radical (unpaired) electrons. The number of aliphatic hydroxyl groups excluding tert-OH is 2. The van der Waals surface area contributed by atoms with E-state index in [1.165, 1.54) is 0 Å². The zero-order chi connectivity index (χ0) is 7.28. The molecule has 2 heteroatoms. The monoisotopic (exact) mass is 132 g/mol. The summed E-state index contributed by atoms with van der Waals surface area (Å²) in [5.41, 5.74) is 0. The van der Waals surface area contributed by atoms with Crippen LogP contribution in [0.4, 0.5) is 0 Å². The highest BCUT2D eigenvalue weighted by Gasteiger charge is 2.05. The van der Waals surface area contributed by atoms with Gasteiger partial charge in [-0.3, -0.25) is 0 Å². The van der Waals surface area contributed by atoms with Crippen molar-refractivity contribution in [3.63, 3.8) is 0 Å². The summed E-state index contributed by atoms with van der Waals surface area (Å²) in [7, 11) is 0. The van der Waals surface area contributed by atoms with Crippen molar-refractivity contribution in [3.8, 4) is 0 Å². The topological polar surface area (TPSA) is 40.5 Å². The summed E-state index contributed by atoms with van der Waals surface area (Å²) < 4.78 is 0. The van der Waals surface area contributed by atoms with Gasteiger partial charge in [-0.2, -0.15) is 0 Å². The molecule has 0 aliphatic rings. The van der Waals surface area contributed by atoms with Crippen LogP contribution in [0.15, 0.2) is 0 Å². The smallest absolute Gasteiger partial charge is 0.0564 e. The van der Waals surface area contributed by atoms with Gasteiger partial charge in [0.05, 0.1) is 12.2 Å². The third kappa shape index (κ3) is 5.80. The number of rotatable bonds is 4. The first-order chi connectivity index (χ1) is 4.16. The Bertz CT molecular complexity index is 61.9. The lowest BCUT2D eigenvalue weighted by Gasteiger charge is -2.09. The second kappa shape index (κ2) is 4.77. The summed E-state index contributed by atoms with van der Waals surface area (Å²) in [6, 6.07) is 0. The predicted octanol–water partition coefficient (Wildman–Crippen LogP) is 0.918. The molecular weight excluding hydrogens is 116 g/mol. The lowest BCUT2D eigenvalue weighted by Crippen LogP contribution is -2.13. The molecule has 2 N–H and O–H groups in total. The Hall–Kier alpha value is -0.0800. The molecule has 0 saturated heterocycles. The first kappa shape index (κ1) is 8.92. The van der Waals surface area contributed by atoms with E-state index in [-0.39, 0.29) is 12.2 Å². The van der Waals surface area contributed by atoms with Crippen molar-refractivity contribution in [1.82, 2.24) is 0 Å². The van der Waals surface area contributed by atoms with Crippen LogP contribution >= 0.6 is 0 Å². The van der Waals surface area contributed by atoms with Gasteiger partial charge < -0.3 is 10.2 Å². The Kier molecular flexibility index (Phi) is 4.72. The molecule has 0 unspecified atom stereocenters. The molecule has 0 rings (SSSR count). The maximum atomic E-state index is 9.06. The van der Waals surface area contributed by atoms with Crippen LogP contribution < -0.4 is 0 Å². The van der Waals surface area contributed by atoms with Crippen molar-refractivity contribution in [2.24, 2.45) is 0 Å². The van der Waals surface area contributed by atoms with Gasteiger partial charge in [0.1, 0.15) is 0 Å². The van der Waals surface area contributed by atoms with Gasteiger partial charge in [0.2, 0.25) is 0 Å². The second-order valence-electron chi connectivity index (χ2n) is 2.53. The summed E-state index contributed by atoms with van der Waals surface area (Å²) >= 11 is 0. The molecule has 0 amide bonds. The molecular formula is C7H16O2. The Morgan fingerprint density at radius 3 is 2.22 bits per heavy atom. The van der Waals surface area contributed by atoms with E-state index >= 15 is 0 Å². The van der Waals surface area contributed by atoms with Crippen molar-refractivity contribution < 1.29 is 10.2 Å². The van der Waals surface area contributed by atoms with Crippen molar-refractivity contribution >= 4 is 0 Å². The quantitative estimate of drug-likeness (QED) is 0.597. The van der Waals surface area contributed by atoms with Crippen LogP contribution in [0, 0.1) is 0 Å². The Morgan fingerprint density at radius 2 is 1.89 bits per heavy atom. The highest BCUT2D eigenvalue weighted by Crippen LogP contribution is 2.03. The average Bonchev–Trinajstić information content (AvgIpc) is 1.63. The van der Waals surface area contributed by atoms with Gasteiger partial charge in [-0.15, -0.1) is 0 Å². The molecule has 2 nitrogen and oxygen atoms in total. The van der Waals surface area contributed by atoms with Crippen molar-refractivity contribution in [2.75, 3.05) is 0 Å². The average molecular weight is 132 g/mol. The Balaban J connectivity index is 3.15. The molecule has 0 fully saturated rings. The minimum absolute atomic E-state index is 0.310. The summed E-state index contributed by atoms with van der Waals surface area (Å²) in [6.45, 7) is 3.71. The number of hydrogen-bond donors (Lipinski definition) is 2. The molecule has 0 aromatic heterocycles. The normalized spacial score (nSPS) is 17.3. The van der Waals surface area contributed by atoms with E-state index in [9.17, 15) is 0 Å².